The molecule has 0 fully saturated rings. The Bertz CT molecular complexity index is 544. The molecule has 0 aliphatic heterocycles. The normalized spacial score (nSPS) is 10.0. The molecule has 0 saturated carbocycles. The summed E-state index contributed by atoms with van der Waals surface area (Å²) in [6, 6.07) is 8.65. The van der Waals surface area contributed by atoms with E-state index in [1.54, 1.807) is 0 Å². The number of halogens is 2. The number of nitrogens with one attached hydrogen (secondary N) is 1. The van der Waals surface area contributed by atoms with Gasteiger partial charge in [0.05, 0.1) is 0 Å². The number of pyridine rings is 2. The Labute approximate surface area is 181 Å². The fourth-order valence-corrected chi connectivity index (χ4v) is 3.16. The Morgan fingerprint density at radius 2 is 1.12 bits per heavy atom. The predicted molar refractivity (Wildman–Crippen MR) is 100 cm³/mol. The minimum absolute atomic E-state index is 0. The first-order valence-corrected chi connectivity index (χ1v) is 9.86. The third-order valence-corrected chi connectivity index (χ3v) is 4.71. The molecule has 2 heterocycles. The van der Waals surface area contributed by atoms with Crippen LogP contribution in [-0.2, 0) is 6.54 Å². The molecule has 0 bridgehead atoms. The number of aromatic nitrogens is 2. The molecule has 2 aromatic heterocycles. The van der Waals surface area contributed by atoms with E-state index in [-0.39, 0.29) is 34.0 Å². The summed E-state index contributed by atoms with van der Waals surface area (Å²) in [6.07, 6.45) is 22.3. The molecule has 4 heteroatoms. The Morgan fingerprint density at radius 1 is 0.654 bits per heavy atom. The molecule has 0 radical (unpaired) electrons. The van der Waals surface area contributed by atoms with Crippen molar-refractivity contribution >= 4 is 0 Å². The molecule has 0 atom stereocenters. The number of nitrogens with zero attached hydrogens (tertiary/aromatic N) is 1. The van der Waals surface area contributed by atoms with E-state index >= 15 is 0 Å². The van der Waals surface area contributed by atoms with Gasteiger partial charge in [0, 0.05) is 30.7 Å². The molecule has 1 N–H and O–H groups in total. The molecule has 0 saturated heterocycles. The average Bonchev–Trinajstić information content (AvgIpc) is 2.64. The summed E-state index contributed by atoms with van der Waals surface area (Å²) in [4.78, 5) is 3.07. The smallest absolute Gasteiger partial charge is 0.169 e. The van der Waals surface area contributed by atoms with Crippen LogP contribution in [0.3, 0.4) is 0 Å². The molecule has 26 heavy (non-hydrogen) atoms. The second-order valence-corrected chi connectivity index (χ2v) is 6.80. The third-order valence-electron chi connectivity index (χ3n) is 4.71. The second kappa shape index (κ2) is 16.4. The minimum Gasteiger partial charge on any atom is -1.00 e. The Morgan fingerprint density at radius 3 is 1.65 bits per heavy atom. The Kier molecular flexibility index (Phi) is 16.0. The summed E-state index contributed by atoms with van der Waals surface area (Å²) >= 11 is 0. The van der Waals surface area contributed by atoms with Crippen molar-refractivity contribution < 1.29 is 43.5 Å². The molecule has 2 aromatic rings. The van der Waals surface area contributed by atoms with Crippen LogP contribution in [0.25, 0.3) is 11.1 Å². The lowest BCUT2D eigenvalue weighted by atomic mass is 10.1. The van der Waals surface area contributed by atoms with Gasteiger partial charge in [0.1, 0.15) is 6.54 Å². The van der Waals surface area contributed by atoms with E-state index < -0.39 is 0 Å². The lowest BCUT2D eigenvalue weighted by molar-refractivity contribution is -0.697. The van der Waals surface area contributed by atoms with E-state index in [4.69, 9.17) is 0 Å². The summed E-state index contributed by atoms with van der Waals surface area (Å²) in [5.74, 6) is 0. The quantitative estimate of drug-likeness (QED) is 0.282. The van der Waals surface area contributed by atoms with Gasteiger partial charge in [-0.15, -0.1) is 0 Å². The van der Waals surface area contributed by atoms with Gasteiger partial charge in [0.2, 0.25) is 0 Å². The second-order valence-electron chi connectivity index (χ2n) is 6.80. The van der Waals surface area contributed by atoms with Crippen molar-refractivity contribution in [2.75, 3.05) is 0 Å². The van der Waals surface area contributed by atoms with E-state index in [0.29, 0.717) is 0 Å². The fraction of sp³-hybridized carbons (Fsp3) is 0.545. The molecule has 146 valence electrons. The summed E-state index contributed by atoms with van der Waals surface area (Å²) in [5.41, 5.74) is 2.54. The number of aryl methyl sites for hydroxylation is 1. The van der Waals surface area contributed by atoms with Crippen LogP contribution in [0.5, 0.6) is 0 Å². The van der Waals surface area contributed by atoms with E-state index in [1.165, 1.54) is 75.3 Å². The van der Waals surface area contributed by atoms with Gasteiger partial charge in [-0.25, -0.2) is 9.55 Å². The van der Waals surface area contributed by atoms with Crippen molar-refractivity contribution in [3.63, 3.8) is 0 Å². The lowest BCUT2D eigenvalue weighted by Gasteiger charge is -2.02. The van der Waals surface area contributed by atoms with Gasteiger partial charge in [-0.1, -0.05) is 58.3 Å². The van der Waals surface area contributed by atoms with E-state index in [0.717, 1.165) is 6.54 Å². The van der Waals surface area contributed by atoms with Crippen LogP contribution in [0.4, 0.5) is 0 Å². The largest absolute Gasteiger partial charge is 1.00 e. The highest BCUT2D eigenvalue weighted by Gasteiger charge is 2.03. The van der Waals surface area contributed by atoms with Crippen LogP contribution in [0.15, 0.2) is 49.1 Å². The molecular weight excluding hydrogens is 452 g/mol. The maximum absolute atomic E-state index is 3.07. The van der Waals surface area contributed by atoms with Gasteiger partial charge in [-0.3, -0.25) is 0 Å². The van der Waals surface area contributed by atoms with Crippen LogP contribution < -0.4 is 43.5 Å². The highest BCUT2D eigenvalue weighted by atomic mass is 79.9. The van der Waals surface area contributed by atoms with Crippen LogP contribution in [0.2, 0.25) is 0 Å². The van der Waals surface area contributed by atoms with Gasteiger partial charge >= 0.3 is 0 Å². The Balaban J connectivity index is 0.00000312. The molecule has 0 unspecified atom stereocenters. The summed E-state index contributed by atoms with van der Waals surface area (Å²) in [5, 5.41) is 0. The minimum atomic E-state index is 0. The molecule has 2 rings (SSSR count). The highest BCUT2D eigenvalue weighted by molar-refractivity contribution is 5.60. The number of rotatable bonds is 12. The number of hydrogen-bond donors (Lipinski definition) is 0. The number of aromatic amines is 1. The first-order valence-electron chi connectivity index (χ1n) is 9.86. The number of H-pyrrole nitrogens is 1. The van der Waals surface area contributed by atoms with Gasteiger partial charge in [0.15, 0.2) is 24.8 Å². The third kappa shape index (κ3) is 10.4. The van der Waals surface area contributed by atoms with Crippen molar-refractivity contribution in [1.82, 2.24) is 0 Å². The van der Waals surface area contributed by atoms with E-state index in [1.807, 2.05) is 12.4 Å². The zero-order chi connectivity index (χ0) is 16.9. The summed E-state index contributed by atoms with van der Waals surface area (Å²) in [6.45, 7) is 3.42. The molecule has 2 nitrogen and oxygen atoms in total. The monoisotopic (exact) mass is 484 g/mol. The lowest BCUT2D eigenvalue weighted by Crippen LogP contribution is -3.00. The number of hydrogen-bond acceptors (Lipinski definition) is 0. The van der Waals surface area contributed by atoms with Crippen LogP contribution in [0, 0.1) is 0 Å². The highest BCUT2D eigenvalue weighted by Crippen LogP contribution is 2.15. The van der Waals surface area contributed by atoms with Gasteiger partial charge < -0.3 is 34.0 Å². The van der Waals surface area contributed by atoms with E-state index in [9.17, 15) is 0 Å². The van der Waals surface area contributed by atoms with Crippen LogP contribution >= 0.6 is 0 Å². The fourth-order valence-electron chi connectivity index (χ4n) is 3.16. The van der Waals surface area contributed by atoms with Gasteiger partial charge in [-0.05, 0) is 17.5 Å². The maximum Gasteiger partial charge on any atom is 0.169 e. The van der Waals surface area contributed by atoms with E-state index in [2.05, 4.69) is 53.1 Å². The zero-order valence-electron chi connectivity index (χ0n) is 16.1. The first kappa shape index (κ1) is 25.3. The zero-order valence-corrected chi connectivity index (χ0v) is 19.3. The van der Waals surface area contributed by atoms with Crippen LogP contribution in [0.1, 0.15) is 71.1 Å². The average molecular weight is 486 g/mol. The maximum atomic E-state index is 3.07. The standard InChI is InChI=1S/C22H33N2.2BrH/c1-2-3-4-5-6-7-8-9-10-11-18-24-19-14-22(15-20-24)21-12-16-23-17-13-21;;/h12-17,19-20H,2-11,18H2,1H3;2*1H/q+1;;/p-1. The Hall–Kier alpha value is -0.740. The molecule has 0 amide bonds. The van der Waals surface area contributed by atoms with Gasteiger partial charge in [0.25, 0.3) is 0 Å². The molecule has 0 aliphatic carbocycles. The predicted octanol–water partition coefficient (Wildman–Crippen LogP) is -0.616. The first-order chi connectivity index (χ1) is 11.9. The van der Waals surface area contributed by atoms with Crippen LogP contribution in [-0.4, -0.2) is 0 Å². The SMILES string of the molecule is CCCCCCCCCCCC[n+]1ccc(-c2cc[nH+]cc2)cc1.[Br-].[Br-]. The van der Waals surface area contributed by atoms with Crippen molar-refractivity contribution in [3.8, 4) is 11.1 Å². The molecule has 0 spiro atoms. The topological polar surface area (TPSA) is 18.0 Å². The summed E-state index contributed by atoms with van der Waals surface area (Å²) < 4.78 is 2.31. The number of unbranched alkanes of at least 4 members (excludes halogenated alkanes) is 9. The van der Waals surface area contributed by atoms with Crippen molar-refractivity contribution in [2.45, 2.75) is 77.7 Å². The van der Waals surface area contributed by atoms with Crippen molar-refractivity contribution in [2.24, 2.45) is 0 Å². The molecular formula is C22H34Br2N2. The summed E-state index contributed by atoms with van der Waals surface area (Å²) in [7, 11) is 0. The molecule has 0 aromatic carbocycles. The molecule has 0 aliphatic rings. The van der Waals surface area contributed by atoms with Gasteiger partial charge in [-0.2, -0.15) is 0 Å². The van der Waals surface area contributed by atoms with Crippen molar-refractivity contribution in [3.05, 3.63) is 49.1 Å². The van der Waals surface area contributed by atoms with Crippen molar-refractivity contribution in [1.29, 1.82) is 0 Å².